The summed E-state index contributed by atoms with van der Waals surface area (Å²) in [7, 11) is 0. The van der Waals surface area contributed by atoms with Crippen molar-refractivity contribution in [2.24, 2.45) is 0 Å². The van der Waals surface area contributed by atoms with Gasteiger partial charge in [-0.15, -0.1) is 0 Å². The summed E-state index contributed by atoms with van der Waals surface area (Å²) in [4.78, 5) is 8.29. The van der Waals surface area contributed by atoms with Crippen molar-refractivity contribution in [3.05, 3.63) is 47.3 Å². The van der Waals surface area contributed by atoms with E-state index in [1.807, 2.05) is 0 Å². The minimum atomic E-state index is 0.638. The van der Waals surface area contributed by atoms with E-state index >= 15 is 0 Å². The van der Waals surface area contributed by atoms with E-state index < -0.39 is 0 Å². The predicted molar refractivity (Wildman–Crippen MR) is 69.6 cm³/mol. The van der Waals surface area contributed by atoms with Gasteiger partial charge in [0.15, 0.2) is 0 Å². The first-order chi connectivity index (χ1) is 8.38. The van der Waals surface area contributed by atoms with Crippen LogP contribution in [0.3, 0.4) is 0 Å². The van der Waals surface area contributed by atoms with E-state index in [0.717, 1.165) is 39.3 Å². The highest BCUT2D eigenvalue weighted by Crippen LogP contribution is 2.07. The molecule has 1 heterocycles. The van der Waals surface area contributed by atoms with Crippen LogP contribution < -0.4 is 0 Å². The molecule has 0 aliphatic carbocycles. The normalized spacial score (nSPS) is 17.8. The van der Waals surface area contributed by atoms with Crippen molar-refractivity contribution in [2.75, 3.05) is 39.3 Å². The molecular formula is C14H19N3. The summed E-state index contributed by atoms with van der Waals surface area (Å²) in [6.45, 7) is 13.9. The third kappa shape index (κ3) is 3.85. The number of rotatable bonds is 4. The van der Waals surface area contributed by atoms with Gasteiger partial charge in [0.2, 0.25) is 6.54 Å². The number of piperazine rings is 1. The molecule has 0 saturated carbocycles. The Labute approximate surface area is 103 Å². The van der Waals surface area contributed by atoms with Gasteiger partial charge in [-0.05, 0) is 5.56 Å². The Kier molecular flexibility index (Phi) is 4.54. The Morgan fingerprint density at radius 2 is 1.65 bits per heavy atom. The fourth-order valence-corrected chi connectivity index (χ4v) is 2.20. The van der Waals surface area contributed by atoms with E-state index in [2.05, 4.69) is 45.0 Å². The summed E-state index contributed by atoms with van der Waals surface area (Å²) < 4.78 is 0. The number of hydrogen-bond acceptors (Lipinski definition) is 2. The molecule has 1 saturated heterocycles. The lowest BCUT2D eigenvalue weighted by atomic mass is 10.2. The summed E-state index contributed by atoms with van der Waals surface area (Å²) in [6.07, 6.45) is 0. The van der Waals surface area contributed by atoms with Crippen LogP contribution in [0.4, 0.5) is 0 Å². The quantitative estimate of drug-likeness (QED) is 0.728. The SMILES string of the molecule is [C-]#[N+]CCN1CCN(Cc2ccccc2)CC1. The van der Waals surface area contributed by atoms with Gasteiger partial charge in [0.25, 0.3) is 0 Å². The van der Waals surface area contributed by atoms with E-state index in [0.29, 0.717) is 6.54 Å². The van der Waals surface area contributed by atoms with Gasteiger partial charge in [-0.3, -0.25) is 9.80 Å². The molecule has 3 nitrogen and oxygen atoms in total. The van der Waals surface area contributed by atoms with E-state index in [-0.39, 0.29) is 0 Å². The molecule has 0 unspecified atom stereocenters. The highest BCUT2D eigenvalue weighted by Gasteiger charge is 2.16. The average Bonchev–Trinajstić information content (AvgIpc) is 2.39. The molecule has 1 aromatic rings. The molecule has 0 N–H and O–H groups in total. The minimum Gasteiger partial charge on any atom is -0.316 e. The van der Waals surface area contributed by atoms with Gasteiger partial charge in [0.1, 0.15) is 0 Å². The molecule has 17 heavy (non-hydrogen) atoms. The first-order valence-electron chi connectivity index (χ1n) is 6.20. The Morgan fingerprint density at radius 1 is 1.00 bits per heavy atom. The maximum atomic E-state index is 6.80. The molecule has 0 aromatic heterocycles. The van der Waals surface area contributed by atoms with Crippen LogP contribution in [0, 0.1) is 6.57 Å². The third-order valence-corrected chi connectivity index (χ3v) is 3.24. The van der Waals surface area contributed by atoms with Crippen molar-refractivity contribution in [3.63, 3.8) is 0 Å². The molecule has 0 radical (unpaired) electrons. The number of hydrogen-bond donors (Lipinski definition) is 0. The number of benzene rings is 1. The van der Waals surface area contributed by atoms with Crippen LogP contribution in [0.5, 0.6) is 0 Å². The summed E-state index contributed by atoms with van der Waals surface area (Å²) >= 11 is 0. The summed E-state index contributed by atoms with van der Waals surface area (Å²) in [6, 6.07) is 10.6. The summed E-state index contributed by atoms with van der Waals surface area (Å²) in [5.41, 5.74) is 1.39. The topological polar surface area (TPSA) is 10.8 Å². The average molecular weight is 229 g/mol. The Balaban J connectivity index is 1.74. The zero-order valence-electron chi connectivity index (χ0n) is 10.2. The first-order valence-corrected chi connectivity index (χ1v) is 6.20. The monoisotopic (exact) mass is 229 g/mol. The van der Waals surface area contributed by atoms with Crippen molar-refractivity contribution >= 4 is 0 Å². The fraction of sp³-hybridized carbons (Fsp3) is 0.500. The van der Waals surface area contributed by atoms with Gasteiger partial charge in [0.05, 0.1) is 6.54 Å². The van der Waals surface area contributed by atoms with Crippen LogP contribution in [0.1, 0.15) is 5.56 Å². The molecule has 3 heteroatoms. The lowest BCUT2D eigenvalue weighted by Gasteiger charge is -2.33. The Hall–Kier alpha value is -1.37. The second kappa shape index (κ2) is 6.39. The highest BCUT2D eigenvalue weighted by molar-refractivity contribution is 5.14. The van der Waals surface area contributed by atoms with Crippen LogP contribution in [0.15, 0.2) is 30.3 Å². The fourth-order valence-electron chi connectivity index (χ4n) is 2.20. The van der Waals surface area contributed by atoms with Crippen LogP contribution in [0.2, 0.25) is 0 Å². The highest BCUT2D eigenvalue weighted by atomic mass is 15.3. The molecule has 0 bridgehead atoms. The summed E-state index contributed by atoms with van der Waals surface area (Å²) in [5, 5.41) is 0. The number of nitrogens with zero attached hydrogens (tertiary/aromatic N) is 3. The smallest absolute Gasteiger partial charge is 0.227 e. The molecule has 90 valence electrons. The van der Waals surface area contributed by atoms with Crippen LogP contribution in [-0.2, 0) is 6.54 Å². The van der Waals surface area contributed by atoms with Crippen molar-refractivity contribution in [2.45, 2.75) is 6.54 Å². The van der Waals surface area contributed by atoms with Gasteiger partial charge in [-0.2, -0.15) is 0 Å². The Bertz CT molecular complexity index is 361. The molecule has 1 aromatic carbocycles. The zero-order valence-corrected chi connectivity index (χ0v) is 10.2. The third-order valence-electron chi connectivity index (χ3n) is 3.24. The molecule has 0 amide bonds. The summed E-state index contributed by atoms with van der Waals surface area (Å²) in [5.74, 6) is 0. The molecule has 2 rings (SSSR count). The van der Waals surface area contributed by atoms with Gasteiger partial charge in [-0.1, -0.05) is 30.3 Å². The van der Waals surface area contributed by atoms with Gasteiger partial charge < -0.3 is 4.85 Å². The van der Waals surface area contributed by atoms with E-state index in [9.17, 15) is 0 Å². The molecular weight excluding hydrogens is 210 g/mol. The first kappa shape index (κ1) is 12.1. The van der Waals surface area contributed by atoms with Gasteiger partial charge in [-0.25, -0.2) is 6.57 Å². The lowest BCUT2D eigenvalue weighted by Crippen LogP contribution is -2.46. The van der Waals surface area contributed by atoms with Crippen LogP contribution >= 0.6 is 0 Å². The van der Waals surface area contributed by atoms with E-state index in [4.69, 9.17) is 6.57 Å². The maximum Gasteiger partial charge on any atom is 0.227 e. The molecule has 0 spiro atoms. The molecule has 1 aliphatic heterocycles. The lowest BCUT2D eigenvalue weighted by molar-refractivity contribution is 0.131. The Morgan fingerprint density at radius 3 is 2.29 bits per heavy atom. The van der Waals surface area contributed by atoms with Crippen molar-refractivity contribution in [1.29, 1.82) is 0 Å². The van der Waals surface area contributed by atoms with Crippen LogP contribution in [-0.4, -0.2) is 49.1 Å². The van der Waals surface area contributed by atoms with Gasteiger partial charge >= 0.3 is 0 Å². The largest absolute Gasteiger partial charge is 0.316 e. The molecule has 1 aliphatic rings. The van der Waals surface area contributed by atoms with Crippen molar-refractivity contribution < 1.29 is 0 Å². The standard InChI is InChI=1S/C14H19N3/c1-15-7-8-16-9-11-17(12-10-16)13-14-5-3-2-4-6-14/h2-6H,7-13H2. The van der Waals surface area contributed by atoms with E-state index in [1.54, 1.807) is 0 Å². The van der Waals surface area contributed by atoms with Crippen molar-refractivity contribution in [3.8, 4) is 0 Å². The molecule has 0 atom stereocenters. The van der Waals surface area contributed by atoms with Gasteiger partial charge in [0, 0.05) is 32.7 Å². The van der Waals surface area contributed by atoms with Crippen LogP contribution in [0.25, 0.3) is 4.85 Å². The second-order valence-electron chi connectivity index (χ2n) is 4.49. The molecule has 1 fully saturated rings. The second-order valence-corrected chi connectivity index (χ2v) is 4.49. The van der Waals surface area contributed by atoms with Crippen molar-refractivity contribution in [1.82, 2.24) is 9.80 Å². The maximum absolute atomic E-state index is 6.80. The predicted octanol–water partition coefficient (Wildman–Crippen LogP) is 1.72. The zero-order chi connectivity index (χ0) is 11.9. The minimum absolute atomic E-state index is 0.638. The van der Waals surface area contributed by atoms with E-state index in [1.165, 1.54) is 5.56 Å².